The van der Waals surface area contributed by atoms with Crippen LogP contribution in [0.3, 0.4) is 0 Å². The molecule has 0 fully saturated rings. The van der Waals surface area contributed by atoms with E-state index < -0.39 is 0 Å². The summed E-state index contributed by atoms with van der Waals surface area (Å²) in [6.07, 6.45) is 1.89. The number of hydrogen-bond donors (Lipinski definition) is 2. The molecule has 0 saturated carbocycles. The van der Waals surface area contributed by atoms with Crippen LogP contribution in [0.5, 0.6) is 0 Å². The molecule has 1 heterocycles. The zero-order valence-electron chi connectivity index (χ0n) is 14.0. The first kappa shape index (κ1) is 17.4. The summed E-state index contributed by atoms with van der Waals surface area (Å²) in [5.74, 6) is -0.149. The van der Waals surface area contributed by atoms with E-state index in [0.717, 1.165) is 12.8 Å². The lowest BCUT2D eigenvalue weighted by Gasteiger charge is -2.25. The van der Waals surface area contributed by atoms with Crippen molar-refractivity contribution in [1.82, 2.24) is 14.9 Å². The van der Waals surface area contributed by atoms with Crippen LogP contribution in [0.1, 0.15) is 50.9 Å². The number of nitrogens with zero attached hydrogens (tertiary/aromatic N) is 1. The van der Waals surface area contributed by atoms with E-state index in [-0.39, 0.29) is 17.0 Å². The fraction of sp³-hybridized carbons (Fsp3) is 0.471. The van der Waals surface area contributed by atoms with Crippen LogP contribution in [0, 0.1) is 4.77 Å². The van der Waals surface area contributed by atoms with E-state index >= 15 is 0 Å². The van der Waals surface area contributed by atoms with Gasteiger partial charge in [0.15, 0.2) is 4.77 Å². The zero-order chi connectivity index (χ0) is 17.2. The van der Waals surface area contributed by atoms with Gasteiger partial charge in [-0.3, -0.25) is 14.2 Å². The molecule has 1 aromatic heterocycles. The molecule has 5 nitrogen and oxygen atoms in total. The minimum Gasteiger partial charge on any atom is -0.347 e. The van der Waals surface area contributed by atoms with E-state index in [9.17, 15) is 9.59 Å². The fourth-order valence-electron chi connectivity index (χ4n) is 2.75. The lowest BCUT2D eigenvalue weighted by atomic mass is 9.98. The third-order valence-electron chi connectivity index (χ3n) is 3.89. The maximum Gasteiger partial charge on any atom is 0.262 e. The van der Waals surface area contributed by atoms with Crippen LogP contribution in [-0.4, -0.2) is 21.0 Å². The average Bonchev–Trinajstić information content (AvgIpc) is 2.46. The largest absolute Gasteiger partial charge is 0.347 e. The number of aromatic nitrogens is 2. The Balaban J connectivity index is 2.43. The smallest absolute Gasteiger partial charge is 0.262 e. The van der Waals surface area contributed by atoms with Crippen molar-refractivity contribution in [3.8, 4) is 0 Å². The molecule has 6 heteroatoms. The Labute approximate surface area is 140 Å². The molecule has 0 aliphatic heterocycles. The number of nitrogens with one attached hydrogen (secondary N) is 2. The summed E-state index contributed by atoms with van der Waals surface area (Å²) >= 11 is 5.20. The minimum atomic E-state index is -0.265. The number of rotatable bonds is 5. The number of carbonyl (C=O) groups excluding carboxylic acids is 1. The van der Waals surface area contributed by atoms with Crippen molar-refractivity contribution in [3.05, 3.63) is 38.9 Å². The van der Waals surface area contributed by atoms with Crippen LogP contribution in [0.2, 0.25) is 0 Å². The summed E-state index contributed by atoms with van der Waals surface area (Å²) in [6.45, 7) is 8.47. The van der Waals surface area contributed by atoms with Crippen LogP contribution in [0.25, 0.3) is 10.9 Å². The maximum absolute atomic E-state index is 12.4. The van der Waals surface area contributed by atoms with E-state index in [1.165, 1.54) is 4.57 Å². The number of aromatic amines is 1. The van der Waals surface area contributed by atoms with Gasteiger partial charge in [-0.15, -0.1) is 0 Å². The van der Waals surface area contributed by atoms with Crippen molar-refractivity contribution in [1.29, 1.82) is 0 Å². The molecule has 0 saturated heterocycles. The highest BCUT2D eigenvalue weighted by Gasteiger charge is 2.20. The SMILES string of the molecule is CCCC(C)(C)NC(=O)c1ccc2c(=O)n(CC)c(=S)[nH]c2c1. The summed E-state index contributed by atoms with van der Waals surface area (Å²) in [5, 5.41) is 3.56. The van der Waals surface area contributed by atoms with Gasteiger partial charge < -0.3 is 10.3 Å². The highest BCUT2D eigenvalue weighted by Crippen LogP contribution is 2.15. The van der Waals surface area contributed by atoms with Gasteiger partial charge in [-0.25, -0.2) is 0 Å². The predicted molar refractivity (Wildman–Crippen MR) is 95.5 cm³/mol. The standard InChI is InChI=1S/C17H23N3O2S/c1-5-9-17(3,4)19-14(21)11-7-8-12-13(10-11)18-16(23)20(6-2)15(12)22/h7-8,10H,5-6,9H2,1-4H3,(H,18,23)(H,19,21). The van der Waals surface area contributed by atoms with Gasteiger partial charge in [0.25, 0.3) is 11.5 Å². The second-order valence-electron chi connectivity index (χ2n) is 6.33. The summed E-state index contributed by atoms with van der Waals surface area (Å²) in [4.78, 5) is 27.8. The third-order valence-corrected chi connectivity index (χ3v) is 4.21. The van der Waals surface area contributed by atoms with E-state index in [4.69, 9.17) is 12.2 Å². The van der Waals surface area contributed by atoms with E-state index in [1.807, 2.05) is 20.8 Å². The molecule has 0 spiro atoms. The molecule has 124 valence electrons. The second-order valence-corrected chi connectivity index (χ2v) is 6.71. The van der Waals surface area contributed by atoms with Crippen LogP contribution < -0.4 is 10.9 Å². The Morgan fingerprint density at radius 1 is 1.35 bits per heavy atom. The molecule has 2 N–H and O–H groups in total. The van der Waals surface area contributed by atoms with Gasteiger partial charge in [0.2, 0.25) is 0 Å². The number of amides is 1. The molecule has 0 aliphatic carbocycles. The van der Waals surface area contributed by atoms with Gasteiger partial charge in [0.05, 0.1) is 10.9 Å². The van der Waals surface area contributed by atoms with Crippen molar-refractivity contribution in [2.75, 3.05) is 0 Å². The Bertz CT molecular complexity index is 849. The second kappa shape index (κ2) is 6.66. The number of fused-ring (bicyclic) bond motifs is 1. The lowest BCUT2D eigenvalue weighted by Crippen LogP contribution is -2.43. The highest BCUT2D eigenvalue weighted by atomic mass is 32.1. The van der Waals surface area contributed by atoms with Gasteiger partial charge in [0.1, 0.15) is 0 Å². The van der Waals surface area contributed by atoms with Gasteiger partial charge in [0, 0.05) is 17.6 Å². The lowest BCUT2D eigenvalue weighted by molar-refractivity contribution is 0.0909. The van der Waals surface area contributed by atoms with Crippen molar-refractivity contribution >= 4 is 29.0 Å². The Morgan fingerprint density at radius 2 is 2.04 bits per heavy atom. The molecule has 0 unspecified atom stereocenters. The fourth-order valence-corrected chi connectivity index (χ4v) is 3.07. The Morgan fingerprint density at radius 3 is 2.65 bits per heavy atom. The van der Waals surface area contributed by atoms with Crippen LogP contribution >= 0.6 is 12.2 Å². The normalized spacial score (nSPS) is 11.7. The first-order valence-corrected chi connectivity index (χ1v) is 8.29. The molecule has 2 rings (SSSR count). The van der Waals surface area contributed by atoms with Crippen LogP contribution in [0.4, 0.5) is 0 Å². The van der Waals surface area contributed by atoms with Crippen molar-refractivity contribution < 1.29 is 4.79 Å². The number of carbonyl (C=O) groups is 1. The minimum absolute atomic E-state index is 0.135. The van der Waals surface area contributed by atoms with Crippen molar-refractivity contribution in [2.24, 2.45) is 0 Å². The summed E-state index contributed by atoms with van der Waals surface area (Å²) in [6, 6.07) is 5.04. The molecule has 23 heavy (non-hydrogen) atoms. The number of H-pyrrole nitrogens is 1. The molecule has 0 bridgehead atoms. The number of benzene rings is 1. The van der Waals surface area contributed by atoms with Crippen molar-refractivity contribution in [3.63, 3.8) is 0 Å². The predicted octanol–water partition coefficient (Wildman–Crippen LogP) is 3.39. The summed E-state index contributed by atoms with van der Waals surface area (Å²) in [7, 11) is 0. The topological polar surface area (TPSA) is 66.9 Å². The monoisotopic (exact) mass is 333 g/mol. The molecule has 0 radical (unpaired) electrons. The van der Waals surface area contributed by atoms with Gasteiger partial charge in [-0.2, -0.15) is 0 Å². The molecule has 0 aliphatic rings. The van der Waals surface area contributed by atoms with E-state index in [0.29, 0.717) is 27.8 Å². The van der Waals surface area contributed by atoms with E-state index in [1.54, 1.807) is 18.2 Å². The molecular formula is C17H23N3O2S. The third kappa shape index (κ3) is 3.69. The van der Waals surface area contributed by atoms with Crippen LogP contribution in [0.15, 0.2) is 23.0 Å². The Hall–Kier alpha value is -1.95. The van der Waals surface area contributed by atoms with E-state index in [2.05, 4.69) is 17.2 Å². The van der Waals surface area contributed by atoms with Crippen molar-refractivity contribution in [2.45, 2.75) is 52.6 Å². The quantitative estimate of drug-likeness (QED) is 0.824. The molecule has 2 aromatic rings. The first-order valence-electron chi connectivity index (χ1n) is 7.88. The van der Waals surface area contributed by atoms with Gasteiger partial charge >= 0.3 is 0 Å². The average molecular weight is 333 g/mol. The first-order chi connectivity index (χ1) is 10.8. The summed E-state index contributed by atoms with van der Waals surface area (Å²) < 4.78 is 1.87. The van der Waals surface area contributed by atoms with Gasteiger partial charge in [-0.05, 0) is 57.6 Å². The molecule has 1 amide bonds. The molecular weight excluding hydrogens is 310 g/mol. The Kier molecular flexibility index (Phi) is 5.04. The van der Waals surface area contributed by atoms with Crippen LogP contribution in [-0.2, 0) is 6.54 Å². The molecule has 1 aromatic carbocycles. The number of hydrogen-bond acceptors (Lipinski definition) is 3. The maximum atomic E-state index is 12.4. The molecule has 0 atom stereocenters. The highest BCUT2D eigenvalue weighted by molar-refractivity contribution is 7.71. The zero-order valence-corrected chi connectivity index (χ0v) is 14.8. The van der Waals surface area contributed by atoms with Gasteiger partial charge in [-0.1, -0.05) is 13.3 Å². The summed E-state index contributed by atoms with van der Waals surface area (Å²) in [5.41, 5.74) is 0.704.